The van der Waals surface area contributed by atoms with Crippen molar-refractivity contribution in [2.75, 3.05) is 54.4 Å². The Kier molecular flexibility index (Phi) is 10.8. The van der Waals surface area contributed by atoms with Crippen LogP contribution in [0.2, 0.25) is 0 Å². The zero-order valence-corrected chi connectivity index (χ0v) is 33.2. The molecular formula is C44H43ClLuN8. The van der Waals surface area contributed by atoms with Crippen LogP contribution in [0.4, 0.5) is 0 Å². The number of likely N-dealkylation sites (N-methyl/N-ethyl adjacent to an activating group) is 4. The van der Waals surface area contributed by atoms with E-state index in [-0.39, 0.29) is 49.3 Å². The third-order valence-corrected chi connectivity index (χ3v) is 10.2. The van der Waals surface area contributed by atoms with Gasteiger partial charge in [0.25, 0.3) is 0 Å². The van der Waals surface area contributed by atoms with Gasteiger partial charge in [-0.3, -0.25) is 0 Å². The zero-order valence-electron chi connectivity index (χ0n) is 30.7. The van der Waals surface area contributed by atoms with Gasteiger partial charge in [0, 0.05) is 130 Å². The molecule has 9 heterocycles. The zero-order chi connectivity index (χ0) is 35.3. The van der Waals surface area contributed by atoms with Crippen LogP contribution < -0.4 is 0 Å². The van der Waals surface area contributed by atoms with Crippen LogP contribution >= 0.6 is 12.4 Å². The summed E-state index contributed by atoms with van der Waals surface area (Å²) in [6.07, 6.45) is 32.7. The Morgan fingerprint density at radius 1 is 0.537 bits per heavy atom. The minimum absolute atomic E-state index is 0. The van der Waals surface area contributed by atoms with Crippen LogP contribution in [0.15, 0.2) is 109 Å². The number of rotatable bonds is 4. The number of aromatic nitrogens is 4. The molecule has 54 heavy (non-hydrogen) atoms. The number of nitrogens with one attached hydrogen (secondary N) is 2. The first-order chi connectivity index (χ1) is 25.3. The van der Waals surface area contributed by atoms with Crippen molar-refractivity contribution in [2.45, 2.75) is 0 Å². The van der Waals surface area contributed by atoms with Gasteiger partial charge in [-0.05, 0) is 120 Å². The topological polar surface area (TPSA) is 70.3 Å². The van der Waals surface area contributed by atoms with Crippen molar-refractivity contribution < 1.29 is 36.9 Å². The van der Waals surface area contributed by atoms with Gasteiger partial charge in [-0.2, -0.15) is 0 Å². The maximum Gasteiger partial charge on any atom is 0.0810 e. The van der Waals surface area contributed by atoms with E-state index in [1.54, 1.807) is 0 Å². The first-order valence-corrected chi connectivity index (χ1v) is 17.8. The molecule has 0 saturated heterocycles. The van der Waals surface area contributed by atoms with E-state index in [9.17, 15) is 0 Å². The molecule has 0 atom stereocenters. The number of halogens is 1. The second-order valence-electron chi connectivity index (χ2n) is 14.4. The van der Waals surface area contributed by atoms with E-state index in [2.05, 4.69) is 180 Å². The monoisotopic (exact) mass is 893 g/mol. The molecule has 1 radical (unpaired) electrons. The molecule has 0 aromatic carbocycles. The van der Waals surface area contributed by atoms with E-state index >= 15 is 0 Å². The second kappa shape index (κ2) is 15.5. The van der Waals surface area contributed by atoms with Crippen molar-refractivity contribution in [1.29, 1.82) is 0 Å². The van der Waals surface area contributed by atoms with Crippen LogP contribution in [0.25, 0.3) is 62.6 Å². The predicted molar refractivity (Wildman–Crippen MR) is 224 cm³/mol. The molecule has 3 aromatic rings. The number of hydrogen-bond acceptors (Lipinski definition) is 6. The minimum atomic E-state index is 0. The molecule has 0 spiro atoms. The second-order valence-corrected chi connectivity index (χ2v) is 14.4. The maximum atomic E-state index is 5.55. The fourth-order valence-electron chi connectivity index (χ4n) is 7.85. The van der Waals surface area contributed by atoms with Crippen LogP contribution in [0.1, 0.15) is 39.5 Å². The molecule has 8 bridgehead atoms. The Labute approximate surface area is 352 Å². The number of aromatic amines is 2. The van der Waals surface area contributed by atoms with Crippen LogP contribution in [0.3, 0.4) is 0 Å². The summed E-state index contributed by atoms with van der Waals surface area (Å²) in [5.74, 6) is 0. The molecule has 0 saturated carbocycles. The van der Waals surface area contributed by atoms with Gasteiger partial charge in [0.05, 0.1) is 28.3 Å². The van der Waals surface area contributed by atoms with Crippen molar-refractivity contribution in [3.8, 4) is 0 Å². The number of H-pyrrole nitrogens is 2. The molecule has 6 aliphatic rings. The van der Waals surface area contributed by atoms with Gasteiger partial charge in [0.1, 0.15) is 0 Å². The molecule has 281 valence electrons. The summed E-state index contributed by atoms with van der Waals surface area (Å²) in [7, 11) is 8.55. The van der Waals surface area contributed by atoms with Gasteiger partial charge in [-0.15, -0.1) is 12.4 Å². The first-order valence-electron chi connectivity index (χ1n) is 17.8. The van der Waals surface area contributed by atoms with E-state index in [4.69, 9.17) is 9.97 Å². The number of nitrogens with zero attached hydrogens (tertiary/aromatic N) is 6. The van der Waals surface area contributed by atoms with E-state index < -0.39 is 0 Å². The van der Waals surface area contributed by atoms with Gasteiger partial charge in [-0.1, -0.05) is 24.3 Å². The van der Waals surface area contributed by atoms with Crippen molar-refractivity contribution in [3.63, 3.8) is 0 Å². The van der Waals surface area contributed by atoms with Crippen molar-refractivity contribution in [2.24, 2.45) is 0 Å². The Morgan fingerprint density at radius 3 is 1.59 bits per heavy atom. The molecule has 0 amide bonds. The predicted octanol–water partition coefficient (Wildman–Crippen LogP) is 8.36. The van der Waals surface area contributed by atoms with Gasteiger partial charge >= 0.3 is 0 Å². The minimum Gasteiger partial charge on any atom is -0.376 e. The van der Waals surface area contributed by atoms with E-state index in [0.717, 1.165) is 82.2 Å². The van der Waals surface area contributed by atoms with Crippen LogP contribution in [0.5, 0.6) is 0 Å². The Bertz CT molecular complexity index is 2500. The molecule has 2 N–H and O–H groups in total. The summed E-state index contributed by atoms with van der Waals surface area (Å²) < 4.78 is 0. The van der Waals surface area contributed by atoms with Gasteiger partial charge in [-0.25, -0.2) is 9.97 Å². The molecule has 8 nitrogen and oxygen atoms in total. The largest absolute Gasteiger partial charge is 0.376 e. The summed E-state index contributed by atoms with van der Waals surface area (Å²) in [5, 5.41) is 0. The van der Waals surface area contributed by atoms with Gasteiger partial charge in [0.15, 0.2) is 0 Å². The molecule has 6 aliphatic heterocycles. The van der Waals surface area contributed by atoms with Crippen LogP contribution in [-0.4, -0.2) is 93.9 Å². The Balaban J connectivity index is 0.00000225. The smallest absolute Gasteiger partial charge is 0.0810 e. The Hall–Kier alpha value is -4.76. The summed E-state index contributed by atoms with van der Waals surface area (Å²) in [6, 6.07) is 10.7. The van der Waals surface area contributed by atoms with Crippen molar-refractivity contribution in [3.05, 3.63) is 149 Å². The van der Waals surface area contributed by atoms with Gasteiger partial charge in [0.2, 0.25) is 0 Å². The van der Waals surface area contributed by atoms with Crippen LogP contribution in [0, 0.1) is 36.9 Å². The molecule has 0 unspecified atom stereocenters. The quantitative estimate of drug-likeness (QED) is 0.215. The molecule has 0 aliphatic carbocycles. The summed E-state index contributed by atoms with van der Waals surface area (Å²) in [6.45, 7) is 3.11. The molecule has 0 fully saturated rings. The SMILES string of the molecule is CN1C=CC=C(C2=Cc3cc4ccc(cc5nc(cc6[nH]c(c(C7=CC=CN(C)C7)c2n3)c(C2=CC=CN(C)C2)c6C2=CC=CN(C)C2)C=C5)[nH]4)C1.Cl.[Lu]. The Morgan fingerprint density at radius 2 is 1.02 bits per heavy atom. The fourth-order valence-corrected chi connectivity index (χ4v) is 7.85. The summed E-state index contributed by atoms with van der Waals surface area (Å²) in [5.41, 5.74) is 17.4. The van der Waals surface area contributed by atoms with E-state index in [0.29, 0.717) is 0 Å². The van der Waals surface area contributed by atoms with E-state index in [1.165, 1.54) is 33.4 Å². The fraction of sp³-hybridized carbons (Fsp3) is 0.182. The molecule has 9 rings (SSSR count). The normalized spacial score (nSPS) is 17.4. The average molecular weight is 894 g/mol. The standard InChI is InChI=1S/C44H42N8.ClH.Lu/c1-49-17-5-9-29(25-49)38-23-37-22-35-14-13-33(45-35)21-34-15-16-36(46-34)24-39-40(30-10-6-18-50(2)26-30)41(31-11-7-19-51(3)27-31)44(48-39)42(43(38)47-37)32-12-8-20-52(4)28-32;;/h5-24,45,48H,25-28H2,1-4H3;1H;. The maximum absolute atomic E-state index is 5.55. The van der Waals surface area contributed by atoms with Crippen molar-refractivity contribution in [1.82, 2.24) is 39.5 Å². The molecule has 3 aromatic heterocycles. The molecular weight excluding hydrogens is 851 g/mol. The summed E-state index contributed by atoms with van der Waals surface area (Å²) >= 11 is 0. The number of hydrogen-bond donors (Lipinski definition) is 2. The molecule has 10 heteroatoms. The van der Waals surface area contributed by atoms with E-state index in [1.807, 2.05) is 0 Å². The van der Waals surface area contributed by atoms with Crippen LogP contribution in [-0.2, 0) is 0 Å². The third-order valence-electron chi connectivity index (χ3n) is 10.2. The first kappa shape index (κ1) is 37.6. The average Bonchev–Trinajstić information content (AvgIpc) is 3.93. The number of allylic oxidation sites excluding steroid dienone is 8. The number of fused-ring (bicyclic) bond motifs is 8. The third kappa shape index (κ3) is 7.35. The van der Waals surface area contributed by atoms with Crippen molar-refractivity contribution >= 4 is 75.0 Å². The summed E-state index contributed by atoms with van der Waals surface area (Å²) in [4.78, 5) is 27.2. The van der Waals surface area contributed by atoms with Gasteiger partial charge < -0.3 is 29.6 Å².